The van der Waals surface area contributed by atoms with Crippen molar-refractivity contribution in [1.82, 2.24) is 4.90 Å². The van der Waals surface area contributed by atoms with Crippen molar-refractivity contribution in [3.05, 3.63) is 0 Å². The molecule has 0 bridgehead atoms. The maximum Gasteiger partial charge on any atom is 0.418 e. The molecule has 0 aliphatic carbocycles. The maximum atomic E-state index is 9.90. The van der Waals surface area contributed by atoms with Gasteiger partial charge in [0.15, 0.2) is 0 Å². The molecule has 0 N–H and O–H groups in total. The first-order valence-corrected chi connectivity index (χ1v) is 4.86. The van der Waals surface area contributed by atoms with Gasteiger partial charge in [0.2, 0.25) is 0 Å². The van der Waals surface area contributed by atoms with Crippen LogP contribution in [0.2, 0.25) is 0 Å². The Balaban J connectivity index is 2.39. The minimum Gasteiger partial charge on any atom is -0.441 e. The van der Waals surface area contributed by atoms with Gasteiger partial charge in [-0.05, 0) is 17.8 Å². The number of piperidine rings is 1. The number of hydrogen-bond donors (Lipinski definition) is 0. The molecule has 1 aliphatic rings. The van der Waals surface area contributed by atoms with Crippen LogP contribution >= 0.6 is 0 Å². The molecular weight excluding hydrogens is 166 g/mol. The molecule has 2 atom stereocenters. The summed E-state index contributed by atoms with van der Waals surface area (Å²) in [6.45, 7) is 10.7. The highest BCUT2D eigenvalue weighted by molar-refractivity contribution is 5.37. The minimum atomic E-state index is 0.394. The number of rotatable bonds is 3. The number of hydrogen-bond acceptors (Lipinski definition) is 3. The minimum absolute atomic E-state index is 0.394. The van der Waals surface area contributed by atoms with Crippen molar-refractivity contribution in [1.29, 1.82) is 0 Å². The number of nitrogens with zero attached hydrogens (tertiary/aromatic N) is 1. The zero-order chi connectivity index (χ0) is 9.84. The molecule has 0 aromatic rings. The number of ether oxygens (including phenoxy) is 1. The van der Waals surface area contributed by atoms with Gasteiger partial charge in [-0.15, -0.1) is 0 Å². The molecule has 3 heteroatoms. The summed E-state index contributed by atoms with van der Waals surface area (Å²) in [5.41, 5.74) is 0. The number of likely N-dealkylation sites (tertiary alicyclic amines) is 1. The molecule has 1 fully saturated rings. The van der Waals surface area contributed by atoms with E-state index in [-0.39, 0.29) is 0 Å². The molecule has 0 aromatic heterocycles. The maximum absolute atomic E-state index is 9.90. The Morgan fingerprint density at radius 1 is 1.31 bits per heavy atom. The van der Waals surface area contributed by atoms with Gasteiger partial charge in [-0.2, -0.15) is 0 Å². The van der Waals surface area contributed by atoms with E-state index >= 15 is 0 Å². The first-order chi connectivity index (χ1) is 6.15. The van der Waals surface area contributed by atoms with Crippen molar-refractivity contribution >= 4 is 6.47 Å². The zero-order valence-corrected chi connectivity index (χ0v) is 8.62. The first-order valence-electron chi connectivity index (χ1n) is 4.86. The topological polar surface area (TPSA) is 29.5 Å². The SMILES string of the molecule is CC1CN(CO[C]=O)CC(C)C1C. The lowest BCUT2D eigenvalue weighted by Gasteiger charge is -2.38. The second-order valence-electron chi connectivity index (χ2n) is 4.21. The van der Waals surface area contributed by atoms with Gasteiger partial charge in [-0.1, -0.05) is 20.8 Å². The van der Waals surface area contributed by atoms with Crippen molar-refractivity contribution in [3.8, 4) is 0 Å². The van der Waals surface area contributed by atoms with Crippen LogP contribution in [0.5, 0.6) is 0 Å². The van der Waals surface area contributed by atoms with E-state index in [1.807, 2.05) is 0 Å². The van der Waals surface area contributed by atoms with Crippen molar-refractivity contribution in [2.45, 2.75) is 20.8 Å². The summed E-state index contributed by atoms with van der Waals surface area (Å²) in [5, 5.41) is 0. The smallest absolute Gasteiger partial charge is 0.418 e. The third-order valence-corrected chi connectivity index (χ3v) is 3.19. The third-order valence-electron chi connectivity index (χ3n) is 3.19. The fraction of sp³-hybridized carbons (Fsp3) is 0.900. The van der Waals surface area contributed by atoms with Gasteiger partial charge in [-0.25, -0.2) is 4.79 Å². The van der Waals surface area contributed by atoms with E-state index in [9.17, 15) is 4.79 Å². The van der Waals surface area contributed by atoms with Crippen LogP contribution in [0.1, 0.15) is 20.8 Å². The van der Waals surface area contributed by atoms with Gasteiger partial charge >= 0.3 is 6.47 Å². The second-order valence-corrected chi connectivity index (χ2v) is 4.21. The van der Waals surface area contributed by atoms with Gasteiger partial charge in [-0.3, -0.25) is 4.90 Å². The van der Waals surface area contributed by atoms with E-state index in [1.54, 1.807) is 0 Å². The molecule has 1 heterocycles. The Morgan fingerprint density at radius 3 is 2.31 bits per heavy atom. The van der Waals surface area contributed by atoms with Crippen molar-refractivity contribution in [2.24, 2.45) is 17.8 Å². The lowest BCUT2D eigenvalue weighted by molar-refractivity contribution is 0.0262. The molecule has 0 aromatic carbocycles. The summed E-state index contributed by atoms with van der Waals surface area (Å²) in [6, 6.07) is 0. The summed E-state index contributed by atoms with van der Waals surface area (Å²) in [7, 11) is 0. The average Bonchev–Trinajstić information content (AvgIpc) is 2.10. The molecule has 1 saturated heterocycles. The molecule has 1 rings (SSSR count). The normalized spacial score (nSPS) is 35.8. The van der Waals surface area contributed by atoms with Crippen molar-refractivity contribution < 1.29 is 9.53 Å². The van der Waals surface area contributed by atoms with Crippen LogP contribution in [0.15, 0.2) is 0 Å². The molecule has 75 valence electrons. The number of carbonyl (C=O) groups excluding carboxylic acids is 1. The van der Waals surface area contributed by atoms with Crippen LogP contribution in [0, 0.1) is 17.8 Å². The van der Waals surface area contributed by atoms with E-state index in [1.165, 1.54) is 6.47 Å². The van der Waals surface area contributed by atoms with Crippen LogP contribution in [0.4, 0.5) is 0 Å². The Bertz CT molecular complexity index is 160. The van der Waals surface area contributed by atoms with E-state index in [0.717, 1.165) is 19.0 Å². The quantitative estimate of drug-likeness (QED) is 0.661. The molecule has 0 saturated carbocycles. The van der Waals surface area contributed by atoms with Crippen LogP contribution in [0.3, 0.4) is 0 Å². The van der Waals surface area contributed by atoms with E-state index in [2.05, 4.69) is 30.4 Å². The third kappa shape index (κ3) is 2.69. The Kier molecular flexibility index (Phi) is 3.72. The second kappa shape index (κ2) is 4.61. The van der Waals surface area contributed by atoms with Crippen LogP contribution in [0.25, 0.3) is 0 Å². The first kappa shape index (κ1) is 10.5. The lowest BCUT2D eigenvalue weighted by atomic mass is 9.81. The molecule has 1 radical (unpaired) electrons. The monoisotopic (exact) mass is 184 g/mol. The molecule has 13 heavy (non-hydrogen) atoms. The van der Waals surface area contributed by atoms with E-state index < -0.39 is 0 Å². The summed E-state index contributed by atoms with van der Waals surface area (Å²) in [4.78, 5) is 12.1. The highest BCUT2D eigenvalue weighted by atomic mass is 16.5. The Labute approximate surface area is 80.1 Å². The van der Waals surface area contributed by atoms with Crippen molar-refractivity contribution in [2.75, 3.05) is 19.8 Å². The van der Waals surface area contributed by atoms with Crippen LogP contribution in [-0.2, 0) is 9.53 Å². The van der Waals surface area contributed by atoms with Gasteiger partial charge in [0, 0.05) is 13.1 Å². The van der Waals surface area contributed by atoms with Crippen molar-refractivity contribution in [3.63, 3.8) is 0 Å². The highest BCUT2D eigenvalue weighted by Crippen LogP contribution is 2.27. The molecule has 3 nitrogen and oxygen atoms in total. The molecule has 0 spiro atoms. The highest BCUT2D eigenvalue weighted by Gasteiger charge is 2.28. The summed E-state index contributed by atoms with van der Waals surface area (Å²) < 4.78 is 4.63. The van der Waals surface area contributed by atoms with Gasteiger partial charge < -0.3 is 4.74 Å². The fourth-order valence-electron chi connectivity index (χ4n) is 2.01. The largest absolute Gasteiger partial charge is 0.441 e. The standard InChI is InChI=1S/C10H18NO2/c1-8-4-11(6-13-7-12)5-9(2)10(8)3/h8-10H,4-6H2,1-3H3. The lowest BCUT2D eigenvalue weighted by Crippen LogP contribution is -2.44. The predicted octanol–water partition coefficient (Wildman–Crippen LogP) is 1.25. The molecule has 1 aliphatic heterocycles. The van der Waals surface area contributed by atoms with Crippen LogP contribution < -0.4 is 0 Å². The van der Waals surface area contributed by atoms with E-state index in [4.69, 9.17) is 0 Å². The summed E-state index contributed by atoms with van der Waals surface area (Å²) in [6.07, 6.45) is 0. The van der Waals surface area contributed by atoms with Gasteiger partial charge in [0.25, 0.3) is 0 Å². The summed E-state index contributed by atoms with van der Waals surface area (Å²) in [5.74, 6) is 2.12. The van der Waals surface area contributed by atoms with Gasteiger partial charge in [0.05, 0.1) is 0 Å². The Morgan fingerprint density at radius 2 is 1.85 bits per heavy atom. The predicted molar refractivity (Wildman–Crippen MR) is 50.7 cm³/mol. The molecule has 2 unspecified atom stereocenters. The van der Waals surface area contributed by atoms with Gasteiger partial charge in [0.1, 0.15) is 6.73 Å². The fourth-order valence-corrected chi connectivity index (χ4v) is 2.01. The Hall–Kier alpha value is -0.570. The molecular formula is C10H18NO2. The average molecular weight is 184 g/mol. The summed E-state index contributed by atoms with van der Waals surface area (Å²) >= 11 is 0. The van der Waals surface area contributed by atoms with E-state index in [0.29, 0.717) is 18.6 Å². The van der Waals surface area contributed by atoms with Crippen LogP contribution in [-0.4, -0.2) is 31.2 Å². The zero-order valence-electron chi connectivity index (χ0n) is 8.62. The molecule has 0 amide bonds.